The molecule has 0 atom stereocenters. The fraction of sp³-hybridized carbons (Fsp3) is 1.00. The minimum Gasteiger partial charge on any atom is -0.317 e. The summed E-state index contributed by atoms with van der Waals surface area (Å²) in [6.45, 7) is 6.68. The van der Waals surface area contributed by atoms with Gasteiger partial charge in [0.2, 0.25) is 10.0 Å². The Hall–Kier alpha value is -0.170. The largest absolute Gasteiger partial charge is 0.317 e. The van der Waals surface area contributed by atoms with E-state index in [9.17, 15) is 8.42 Å². The lowest BCUT2D eigenvalue weighted by atomic mass is 9.98. The average molecular weight is 291 g/mol. The summed E-state index contributed by atoms with van der Waals surface area (Å²) in [5.74, 6) is 0.762. The Kier molecular flexibility index (Phi) is 7.90. The molecule has 114 valence electrons. The van der Waals surface area contributed by atoms with Crippen molar-refractivity contribution in [2.75, 3.05) is 45.5 Å². The van der Waals surface area contributed by atoms with Gasteiger partial charge in [-0.1, -0.05) is 6.92 Å². The molecule has 0 unspecified atom stereocenters. The zero-order valence-corrected chi connectivity index (χ0v) is 13.1. The lowest BCUT2D eigenvalue weighted by molar-refractivity contribution is 0.220. The van der Waals surface area contributed by atoms with E-state index < -0.39 is 10.0 Å². The quantitative estimate of drug-likeness (QED) is 0.612. The lowest BCUT2D eigenvalue weighted by Gasteiger charge is -2.28. The minimum absolute atomic E-state index is 0.255. The zero-order chi connectivity index (χ0) is 14.1. The number of nitrogens with zero attached hydrogens (tertiary/aromatic N) is 1. The molecule has 2 N–H and O–H groups in total. The molecule has 1 saturated heterocycles. The number of unbranched alkanes of at least 4 members (excludes halogenated alkanes) is 1. The Morgan fingerprint density at radius 2 is 1.89 bits per heavy atom. The number of sulfonamides is 1. The molecule has 0 aromatic heterocycles. The van der Waals surface area contributed by atoms with E-state index in [1.54, 1.807) is 0 Å². The summed E-state index contributed by atoms with van der Waals surface area (Å²) in [4.78, 5) is 2.30. The number of likely N-dealkylation sites (tertiary alicyclic amines) is 1. The first-order chi connectivity index (χ1) is 9.03. The van der Waals surface area contributed by atoms with E-state index in [0.29, 0.717) is 12.5 Å². The molecule has 6 heteroatoms. The molecule has 0 radical (unpaired) electrons. The van der Waals surface area contributed by atoms with E-state index in [-0.39, 0.29) is 5.75 Å². The molecule has 0 aromatic rings. The number of hydrogen-bond donors (Lipinski definition) is 2. The highest BCUT2D eigenvalue weighted by atomic mass is 32.2. The second-order valence-corrected chi connectivity index (χ2v) is 7.40. The monoisotopic (exact) mass is 291 g/mol. The van der Waals surface area contributed by atoms with E-state index in [1.807, 2.05) is 0 Å². The van der Waals surface area contributed by atoms with Gasteiger partial charge in [-0.25, -0.2) is 13.1 Å². The van der Waals surface area contributed by atoms with Crippen LogP contribution in [-0.4, -0.2) is 58.8 Å². The van der Waals surface area contributed by atoms with Crippen molar-refractivity contribution >= 4 is 10.0 Å². The molecule has 5 nitrogen and oxygen atoms in total. The molecule has 0 aliphatic carbocycles. The molecule has 0 bridgehead atoms. The highest BCUT2D eigenvalue weighted by Crippen LogP contribution is 2.15. The highest BCUT2D eigenvalue weighted by molar-refractivity contribution is 7.89. The van der Waals surface area contributed by atoms with Gasteiger partial charge in [-0.3, -0.25) is 0 Å². The van der Waals surface area contributed by atoms with Crippen LogP contribution in [-0.2, 0) is 10.0 Å². The Morgan fingerprint density at radius 1 is 1.21 bits per heavy atom. The van der Waals surface area contributed by atoms with E-state index in [4.69, 9.17) is 0 Å². The third-order valence-electron chi connectivity index (χ3n) is 3.70. The van der Waals surface area contributed by atoms with Crippen molar-refractivity contribution in [2.45, 2.75) is 32.6 Å². The SMILES string of the molecule is CCNCCCCS(=O)(=O)NCC1CCN(C)CC1. The van der Waals surface area contributed by atoms with Crippen LogP contribution >= 0.6 is 0 Å². The van der Waals surface area contributed by atoms with Gasteiger partial charge in [0, 0.05) is 6.54 Å². The minimum atomic E-state index is -3.07. The van der Waals surface area contributed by atoms with Gasteiger partial charge in [-0.2, -0.15) is 0 Å². The van der Waals surface area contributed by atoms with Gasteiger partial charge in [-0.15, -0.1) is 0 Å². The summed E-state index contributed by atoms with van der Waals surface area (Å²) in [5.41, 5.74) is 0. The summed E-state index contributed by atoms with van der Waals surface area (Å²) in [7, 11) is -0.957. The molecular weight excluding hydrogens is 262 g/mol. The molecule has 1 aliphatic rings. The molecule has 1 fully saturated rings. The Morgan fingerprint density at radius 3 is 2.53 bits per heavy atom. The normalized spacial score (nSPS) is 18.8. The van der Waals surface area contributed by atoms with Crippen molar-refractivity contribution in [3.63, 3.8) is 0 Å². The first-order valence-electron chi connectivity index (χ1n) is 7.40. The van der Waals surface area contributed by atoms with Crippen LogP contribution in [0.1, 0.15) is 32.6 Å². The van der Waals surface area contributed by atoms with Crippen molar-refractivity contribution < 1.29 is 8.42 Å². The van der Waals surface area contributed by atoms with Gasteiger partial charge in [0.25, 0.3) is 0 Å². The maximum Gasteiger partial charge on any atom is 0.211 e. The summed E-state index contributed by atoms with van der Waals surface area (Å²) in [6, 6.07) is 0. The fourth-order valence-corrected chi connectivity index (χ4v) is 3.52. The maximum absolute atomic E-state index is 11.8. The number of hydrogen-bond acceptors (Lipinski definition) is 4. The Balaban J connectivity index is 2.12. The highest BCUT2D eigenvalue weighted by Gasteiger charge is 2.18. The third kappa shape index (κ3) is 7.87. The van der Waals surface area contributed by atoms with Crippen molar-refractivity contribution in [1.82, 2.24) is 14.9 Å². The van der Waals surface area contributed by atoms with E-state index >= 15 is 0 Å². The zero-order valence-electron chi connectivity index (χ0n) is 12.3. The van der Waals surface area contributed by atoms with Gasteiger partial charge in [-0.05, 0) is 64.8 Å². The van der Waals surface area contributed by atoms with E-state index in [0.717, 1.165) is 51.9 Å². The van der Waals surface area contributed by atoms with Crippen LogP contribution in [0.5, 0.6) is 0 Å². The molecule has 19 heavy (non-hydrogen) atoms. The topological polar surface area (TPSA) is 61.4 Å². The summed E-state index contributed by atoms with van der Waals surface area (Å²) < 4.78 is 26.4. The molecule has 1 aliphatic heterocycles. The van der Waals surface area contributed by atoms with Gasteiger partial charge >= 0.3 is 0 Å². The lowest BCUT2D eigenvalue weighted by Crippen LogP contribution is -2.37. The van der Waals surface area contributed by atoms with Crippen molar-refractivity contribution in [2.24, 2.45) is 5.92 Å². The van der Waals surface area contributed by atoms with Crippen LogP contribution in [0.2, 0.25) is 0 Å². The van der Waals surface area contributed by atoms with Gasteiger partial charge in [0.05, 0.1) is 5.75 Å². The van der Waals surface area contributed by atoms with Gasteiger partial charge in [0.1, 0.15) is 0 Å². The molecule has 0 saturated carbocycles. The predicted octanol–water partition coefficient (Wildman–Crippen LogP) is 0.637. The molecule has 1 heterocycles. The van der Waals surface area contributed by atoms with Crippen LogP contribution in [0.4, 0.5) is 0 Å². The van der Waals surface area contributed by atoms with Gasteiger partial charge in [0.15, 0.2) is 0 Å². The summed E-state index contributed by atoms with van der Waals surface area (Å²) in [6.07, 6.45) is 3.84. The first-order valence-corrected chi connectivity index (χ1v) is 9.05. The van der Waals surface area contributed by atoms with E-state index in [1.165, 1.54) is 0 Å². The van der Waals surface area contributed by atoms with Crippen molar-refractivity contribution in [1.29, 1.82) is 0 Å². The molecule has 0 aromatic carbocycles. The van der Waals surface area contributed by atoms with Crippen molar-refractivity contribution in [3.05, 3.63) is 0 Å². The van der Waals surface area contributed by atoms with Crippen LogP contribution in [0.15, 0.2) is 0 Å². The van der Waals surface area contributed by atoms with E-state index in [2.05, 4.69) is 28.9 Å². The molecule has 1 rings (SSSR count). The maximum atomic E-state index is 11.8. The van der Waals surface area contributed by atoms with Gasteiger partial charge < -0.3 is 10.2 Å². The second kappa shape index (κ2) is 8.89. The fourth-order valence-electron chi connectivity index (χ4n) is 2.30. The Labute approximate surface area is 118 Å². The van der Waals surface area contributed by atoms with Crippen LogP contribution < -0.4 is 10.0 Å². The number of piperidine rings is 1. The van der Waals surface area contributed by atoms with Crippen molar-refractivity contribution in [3.8, 4) is 0 Å². The molecule has 0 spiro atoms. The Bertz CT molecular complexity index is 325. The summed E-state index contributed by atoms with van der Waals surface area (Å²) in [5, 5.41) is 3.20. The van der Waals surface area contributed by atoms with Crippen LogP contribution in [0.3, 0.4) is 0 Å². The molecular formula is C13H29N3O2S. The number of rotatable bonds is 9. The standard InChI is InChI=1S/C13H29N3O2S/c1-3-14-8-4-5-11-19(17,18)15-12-13-6-9-16(2)10-7-13/h13-15H,3-12H2,1-2H3. The predicted molar refractivity (Wildman–Crippen MR) is 79.8 cm³/mol. The molecule has 0 amide bonds. The number of nitrogens with one attached hydrogen (secondary N) is 2. The smallest absolute Gasteiger partial charge is 0.211 e. The van der Waals surface area contributed by atoms with Crippen LogP contribution in [0.25, 0.3) is 0 Å². The second-order valence-electron chi connectivity index (χ2n) is 5.47. The van der Waals surface area contributed by atoms with Crippen LogP contribution in [0, 0.1) is 5.92 Å². The first kappa shape index (κ1) is 16.9. The third-order valence-corrected chi connectivity index (χ3v) is 5.13. The average Bonchev–Trinajstić information content (AvgIpc) is 2.38. The summed E-state index contributed by atoms with van der Waals surface area (Å²) >= 11 is 0.